The van der Waals surface area contributed by atoms with E-state index in [2.05, 4.69) is 20.8 Å². The van der Waals surface area contributed by atoms with Gasteiger partial charge >= 0.3 is 0 Å². The highest BCUT2D eigenvalue weighted by atomic mass is 16.7. The summed E-state index contributed by atoms with van der Waals surface area (Å²) < 4.78 is 31.1. The van der Waals surface area contributed by atoms with Gasteiger partial charge in [-0.3, -0.25) is 0 Å². The van der Waals surface area contributed by atoms with Crippen LogP contribution in [-0.2, 0) is 16.1 Å². The van der Waals surface area contributed by atoms with Gasteiger partial charge in [0, 0.05) is 0 Å². The molecule has 0 saturated carbocycles. The highest BCUT2D eigenvalue weighted by Gasteiger charge is 2.44. The molecule has 2 rings (SSSR count). The molecule has 0 amide bonds. The van der Waals surface area contributed by atoms with Gasteiger partial charge in [0.25, 0.3) is 0 Å². The normalized spacial score (nSPS) is 19.5. The lowest BCUT2D eigenvalue weighted by Gasteiger charge is -2.39. The van der Waals surface area contributed by atoms with Crippen molar-refractivity contribution in [3.63, 3.8) is 0 Å². The van der Waals surface area contributed by atoms with Crippen LogP contribution in [0.4, 0.5) is 0 Å². The quantitative estimate of drug-likeness (QED) is 0.0478. The van der Waals surface area contributed by atoms with Gasteiger partial charge in [-0.05, 0) is 37.0 Å². The van der Waals surface area contributed by atoms with Crippen molar-refractivity contribution in [1.82, 2.24) is 0 Å². The zero-order chi connectivity index (χ0) is 41.9. The second-order valence-electron chi connectivity index (χ2n) is 17.0. The van der Waals surface area contributed by atoms with Crippen molar-refractivity contribution in [2.24, 2.45) is 0 Å². The molecule has 0 radical (unpaired) electrons. The van der Waals surface area contributed by atoms with E-state index in [1.165, 1.54) is 154 Å². The molecule has 9 nitrogen and oxygen atoms in total. The Morgan fingerprint density at radius 1 is 0.448 bits per heavy atom. The number of benzene rings is 1. The molecule has 1 saturated heterocycles. The van der Waals surface area contributed by atoms with Crippen LogP contribution >= 0.6 is 0 Å². The van der Waals surface area contributed by atoms with Gasteiger partial charge < -0.3 is 44.1 Å². The minimum absolute atomic E-state index is 0.0324. The van der Waals surface area contributed by atoms with Crippen LogP contribution in [0, 0.1) is 0 Å². The Labute approximate surface area is 355 Å². The average Bonchev–Trinajstić information content (AvgIpc) is 3.23. The molecule has 340 valence electrons. The molecule has 1 aromatic carbocycles. The number of rotatable bonds is 40. The third-order valence-electron chi connectivity index (χ3n) is 11.6. The van der Waals surface area contributed by atoms with Crippen LogP contribution in [0.25, 0.3) is 0 Å². The topological polar surface area (TPSA) is 127 Å². The van der Waals surface area contributed by atoms with Crippen LogP contribution < -0.4 is 14.2 Å². The van der Waals surface area contributed by atoms with Gasteiger partial charge in [0.2, 0.25) is 5.75 Å². The van der Waals surface area contributed by atoms with Crippen molar-refractivity contribution >= 4 is 0 Å². The summed E-state index contributed by atoms with van der Waals surface area (Å²) in [5.41, 5.74) is 0.749. The first-order valence-electron chi connectivity index (χ1n) is 24.4. The standard InChI is InChI=1S/C49H90O9/c1-4-7-10-13-16-19-22-25-28-31-34-54-42-37-41(40-57-49-47(53)46(52)45(51)44(39-50)58-49)38-43(55-35-32-29-26-23-20-17-14-11-8-5-2)48(42)56-36-33-30-27-24-21-18-15-12-9-6-3/h37-38,44-47,49-53H,4-36,39-40H2,1-3H3/t44-,45+,46+,47-,49-/m1/s1. The third kappa shape index (κ3) is 24.0. The number of hydrogen-bond donors (Lipinski definition) is 4. The Hall–Kier alpha value is -1.62. The highest BCUT2D eigenvalue weighted by Crippen LogP contribution is 2.40. The summed E-state index contributed by atoms with van der Waals surface area (Å²) in [7, 11) is 0. The van der Waals surface area contributed by atoms with E-state index < -0.39 is 37.3 Å². The van der Waals surface area contributed by atoms with Crippen LogP contribution in [0.2, 0.25) is 0 Å². The van der Waals surface area contributed by atoms with Crippen molar-refractivity contribution in [2.75, 3.05) is 26.4 Å². The Morgan fingerprint density at radius 3 is 1.16 bits per heavy atom. The second kappa shape index (κ2) is 36.1. The molecule has 1 heterocycles. The number of unbranched alkanes of at least 4 members (excludes halogenated alkanes) is 27. The van der Waals surface area contributed by atoms with E-state index in [1.807, 2.05) is 12.1 Å². The summed E-state index contributed by atoms with van der Waals surface area (Å²) in [6.45, 7) is 8.03. The van der Waals surface area contributed by atoms with E-state index in [4.69, 9.17) is 23.7 Å². The Morgan fingerprint density at radius 2 is 0.793 bits per heavy atom. The molecule has 0 aromatic heterocycles. The molecular weight excluding hydrogens is 733 g/mol. The molecular formula is C49H90O9. The fourth-order valence-corrected chi connectivity index (χ4v) is 7.76. The minimum atomic E-state index is -1.50. The summed E-state index contributed by atoms with van der Waals surface area (Å²) in [6, 6.07) is 3.84. The maximum atomic E-state index is 10.6. The second-order valence-corrected chi connectivity index (χ2v) is 17.0. The van der Waals surface area contributed by atoms with E-state index in [9.17, 15) is 20.4 Å². The molecule has 0 spiro atoms. The predicted molar refractivity (Wildman–Crippen MR) is 237 cm³/mol. The fourth-order valence-electron chi connectivity index (χ4n) is 7.76. The maximum absolute atomic E-state index is 10.6. The third-order valence-corrected chi connectivity index (χ3v) is 11.6. The molecule has 1 aliphatic heterocycles. The molecule has 0 unspecified atom stereocenters. The van der Waals surface area contributed by atoms with Gasteiger partial charge in [0.15, 0.2) is 17.8 Å². The molecule has 4 N–H and O–H groups in total. The first-order chi connectivity index (χ1) is 28.5. The van der Waals surface area contributed by atoms with Crippen LogP contribution in [-0.4, -0.2) is 77.6 Å². The molecule has 0 bridgehead atoms. The van der Waals surface area contributed by atoms with E-state index >= 15 is 0 Å². The SMILES string of the molecule is CCCCCCCCCCCCOc1cc(CO[C@@H]2O[C@H](CO)[C@H](O)[C@H](O)[C@H]2O)cc(OCCCCCCCCCCCC)c1OCCCCCCCCCCCC. The molecule has 9 heteroatoms. The van der Waals surface area contributed by atoms with Crippen LogP contribution in [0.3, 0.4) is 0 Å². The van der Waals surface area contributed by atoms with Crippen molar-refractivity contribution in [3.8, 4) is 17.2 Å². The van der Waals surface area contributed by atoms with E-state index in [0.717, 1.165) is 44.1 Å². The summed E-state index contributed by atoms with van der Waals surface area (Å²) in [5, 5.41) is 40.9. The van der Waals surface area contributed by atoms with Crippen LogP contribution in [0.1, 0.15) is 219 Å². The van der Waals surface area contributed by atoms with Gasteiger partial charge in [0.1, 0.15) is 24.4 Å². The molecule has 5 atom stereocenters. The predicted octanol–water partition coefficient (Wildman–Crippen LogP) is 11.9. The Kier molecular flexibility index (Phi) is 32.7. The molecule has 58 heavy (non-hydrogen) atoms. The highest BCUT2D eigenvalue weighted by molar-refractivity contribution is 5.54. The minimum Gasteiger partial charge on any atom is -0.490 e. The number of hydrogen-bond acceptors (Lipinski definition) is 9. The maximum Gasteiger partial charge on any atom is 0.203 e. The fraction of sp³-hybridized carbons (Fsp3) is 0.878. The van der Waals surface area contributed by atoms with Gasteiger partial charge in [-0.1, -0.05) is 194 Å². The first-order valence-corrected chi connectivity index (χ1v) is 24.4. The molecule has 0 aliphatic carbocycles. The van der Waals surface area contributed by atoms with Crippen molar-refractivity contribution < 1.29 is 44.1 Å². The summed E-state index contributed by atoms with van der Waals surface area (Å²) in [5.74, 6) is 1.87. The smallest absolute Gasteiger partial charge is 0.203 e. The van der Waals surface area contributed by atoms with Gasteiger partial charge in [-0.25, -0.2) is 0 Å². The summed E-state index contributed by atoms with van der Waals surface area (Å²) in [6.07, 6.45) is 30.9. The number of aliphatic hydroxyl groups is 4. The lowest BCUT2D eigenvalue weighted by Crippen LogP contribution is -2.59. The van der Waals surface area contributed by atoms with Gasteiger partial charge in [-0.2, -0.15) is 0 Å². The lowest BCUT2D eigenvalue weighted by atomic mass is 9.99. The number of ether oxygens (including phenoxy) is 5. The van der Waals surface area contributed by atoms with E-state index in [-0.39, 0.29) is 6.61 Å². The van der Waals surface area contributed by atoms with Gasteiger partial charge in [-0.15, -0.1) is 0 Å². The number of aliphatic hydroxyl groups excluding tert-OH is 4. The monoisotopic (exact) mass is 823 g/mol. The van der Waals surface area contributed by atoms with Crippen molar-refractivity contribution in [1.29, 1.82) is 0 Å². The van der Waals surface area contributed by atoms with E-state index in [0.29, 0.717) is 37.1 Å². The first kappa shape index (κ1) is 52.5. The molecule has 1 aliphatic rings. The molecule has 1 fully saturated rings. The Balaban J connectivity index is 2.08. The average molecular weight is 823 g/mol. The van der Waals surface area contributed by atoms with Crippen LogP contribution in [0.15, 0.2) is 12.1 Å². The zero-order valence-corrected chi connectivity index (χ0v) is 37.6. The van der Waals surface area contributed by atoms with Crippen LogP contribution in [0.5, 0.6) is 17.2 Å². The lowest BCUT2D eigenvalue weighted by molar-refractivity contribution is -0.304. The van der Waals surface area contributed by atoms with Gasteiger partial charge in [0.05, 0.1) is 33.0 Å². The van der Waals surface area contributed by atoms with Crippen molar-refractivity contribution in [3.05, 3.63) is 17.7 Å². The zero-order valence-electron chi connectivity index (χ0n) is 37.6. The Bertz CT molecular complexity index is 1020. The molecule has 1 aromatic rings. The summed E-state index contributed by atoms with van der Waals surface area (Å²) in [4.78, 5) is 0. The van der Waals surface area contributed by atoms with Crippen molar-refractivity contribution in [2.45, 2.75) is 251 Å². The largest absolute Gasteiger partial charge is 0.490 e. The van der Waals surface area contributed by atoms with E-state index in [1.54, 1.807) is 0 Å². The summed E-state index contributed by atoms with van der Waals surface area (Å²) >= 11 is 0.